The molecule has 1 heterocycles. The number of hydrogen-bond acceptors (Lipinski definition) is 2. The van der Waals surface area contributed by atoms with E-state index in [4.69, 9.17) is 0 Å². The second-order valence-corrected chi connectivity index (χ2v) is 5.80. The monoisotopic (exact) mass is 269 g/mol. The van der Waals surface area contributed by atoms with E-state index < -0.39 is 0 Å². The Morgan fingerprint density at radius 1 is 1.25 bits per heavy atom. The molecular weight excluding hydrogens is 246 g/mol. The summed E-state index contributed by atoms with van der Waals surface area (Å²) < 4.78 is 2.02. The predicted molar refractivity (Wildman–Crippen MR) is 82.7 cm³/mol. The Morgan fingerprint density at radius 2 is 2.05 bits per heavy atom. The molecule has 3 heteroatoms. The second kappa shape index (κ2) is 5.41. The SMILES string of the molecule is CCn1cc(-c2cc(C)ccc2CNC2CC2)c(C)n1. The van der Waals surface area contributed by atoms with Crippen molar-refractivity contribution in [3.8, 4) is 11.1 Å². The Morgan fingerprint density at radius 3 is 2.70 bits per heavy atom. The van der Waals surface area contributed by atoms with E-state index in [1.165, 1.54) is 35.1 Å². The van der Waals surface area contributed by atoms with Crippen molar-refractivity contribution in [1.82, 2.24) is 15.1 Å². The van der Waals surface area contributed by atoms with Crippen molar-refractivity contribution in [2.75, 3.05) is 0 Å². The van der Waals surface area contributed by atoms with Crippen LogP contribution in [0.5, 0.6) is 0 Å². The topological polar surface area (TPSA) is 29.9 Å². The summed E-state index contributed by atoms with van der Waals surface area (Å²) in [5.74, 6) is 0. The minimum Gasteiger partial charge on any atom is -0.310 e. The van der Waals surface area contributed by atoms with Crippen LogP contribution in [-0.2, 0) is 13.1 Å². The predicted octanol–water partition coefficient (Wildman–Crippen LogP) is 3.44. The van der Waals surface area contributed by atoms with Crippen LogP contribution in [0.1, 0.15) is 36.6 Å². The fourth-order valence-electron chi connectivity index (χ4n) is 2.58. The molecule has 20 heavy (non-hydrogen) atoms. The molecule has 1 aliphatic carbocycles. The fourth-order valence-corrected chi connectivity index (χ4v) is 2.58. The van der Waals surface area contributed by atoms with Crippen LogP contribution in [0, 0.1) is 13.8 Å². The molecule has 0 saturated heterocycles. The Labute approximate surface area is 121 Å². The number of rotatable bonds is 5. The normalized spacial score (nSPS) is 14.8. The number of hydrogen-bond donors (Lipinski definition) is 1. The molecule has 0 amide bonds. The third-order valence-electron chi connectivity index (χ3n) is 3.98. The van der Waals surface area contributed by atoms with Gasteiger partial charge in [0.1, 0.15) is 0 Å². The quantitative estimate of drug-likeness (QED) is 0.901. The van der Waals surface area contributed by atoms with Crippen LogP contribution < -0.4 is 5.32 Å². The summed E-state index contributed by atoms with van der Waals surface area (Å²) in [6.07, 6.45) is 4.83. The highest BCUT2D eigenvalue weighted by atomic mass is 15.3. The summed E-state index contributed by atoms with van der Waals surface area (Å²) in [5.41, 5.74) is 6.39. The highest BCUT2D eigenvalue weighted by molar-refractivity contribution is 5.69. The van der Waals surface area contributed by atoms with Crippen molar-refractivity contribution < 1.29 is 0 Å². The molecule has 1 saturated carbocycles. The molecule has 0 unspecified atom stereocenters. The number of aromatic nitrogens is 2. The molecule has 1 aromatic carbocycles. The van der Waals surface area contributed by atoms with Crippen molar-refractivity contribution in [3.05, 3.63) is 41.2 Å². The lowest BCUT2D eigenvalue weighted by molar-refractivity contribution is 0.653. The highest BCUT2D eigenvalue weighted by Crippen LogP contribution is 2.28. The molecule has 0 spiro atoms. The van der Waals surface area contributed by atoms with E-state index in [0.717, 1.165) is 24.8 Å². The number of nitrogens with one attached hydrogen (secondary N) is 1. The second-order valence-electron chi connectivity index (χ2n) is 5.80. The van der Waals surface area contributed by atoms with Crippen LogP contribution in [-0.4, -0.2) is 15.8 Å². The van der Waals surface area contributed by atoms with Crippen LogP contribution >= 0.6 is 0 Å². The average Bonchev–Trinajstić information content (AvgIpc) is 3.19. The number of nitrogens with zero attached hydrogens (tertiary/aromatic N) is 2. The molecule has 106 valence electrons. The first-order valence-electron chi connectivity index (χ1n) is 7.54. The van der Waals surface area contributed by atoms with Gasteiger partial charge in [-0.2, -0.15) is 5.10 Å². The third-order valence-corrected chi connectivity index (χ3v) is 3.98. The van der Waals surface area contributed by atoms with Gasteiger partial charge in [0.2, 0.25) is 0 Å². The summed E-state index contributed by atoms with van der Waals surface area (Å²) in [6, 6.07) is 7.48. The molecule has 1 aliphatic rings. The standard InChI is InChI=1S/C17H23N3/c1-4-20-11-17(13(3)19-20)16-9-12(2)5-6-14(16)10-18-15-7-8-15/h5-6,9,11,15,18H,4,7-8,10H2,1-3H3. The Kier molecular flexibility index (Phi) is 3.62. The summed E-state index contributed by atoms with van der Waals surface area (Å²) >= 11 is 0. The van der Waals surface area contributed by atoms with Crippen LogP contribution in [0.15, 0.2) is 24.4 Å². The Hall–Kier alpha value is -1.61. The van der Waals surface area contributed by atoms with E-state index in [0.29, 0.717) is 0 Å². The lowest BCUT2D eigenvalue weighted by atomic mass is 9.98. The zero-order chi connectivity index (χ0) is 14.1. The van der Waals surface area contributed by atoms with E-state index >= 15 is 0 Å². The van der Waals surface area contributed by atoms with E-state index in [1.54, 1.807) is 0 Å². The number of benzene rings is 1. The fraction of sp³-hybridized carbons (Fsp3) is 0.471. The van der Waals surface area contributed by atoms with Crippen molar-refractivity contribution >= 4 is 0 Å². The van der Waals surface area contributed by atoms with E-state index in [2.05, 4.69) is 55.6 Å². The van der Waals surface area contributed by atoms with Crippen molar-refractivity contribution in [2.24, 2.45) is 0 Å². The zero-order valence-electron chi connectivity index (χ0n) is 12.6. The maximum atomic E-state index is 4.58. The first kappa shape index (κ1) is 13.4. The summed E-state index contributed by atoms with van der Waals surface area (Å²) in [6.45, 7) is 8.25. The molecule has 1 N–H and O–H groups in total. The molecule has 1 fully saturated rings. The molecule has 3 nitrogen and oxygen atoms in total. The molecule has 0 atom stereocenters. The lowest BCUT2D eigenvalue weighted by Gasteiger charge is -2.11. The van der Waals surface area contributed by atoms with Gasteiger partial charge in [0.05, 0.1) is 5.69 Å². The smallest absolute Gasteiger partial charge is 0.0672 e. The molecule has 3 rings (SSSR count). The largest absolute Gasteiger partial charge is 0.310 e. The van der Waals surface area contributed by atoms with Gasteiger partial charge in [-0.05, 0) is 44.7 Å². The van der Waals surface area contributed by atoms with Gasteiger partial charge in [0.15, 0.2) is 0 Å². The highest BCUT2D eigenvalue weighted by Gasteiger charge is 2.21. The molecule has 0 bridgehead atoms. The lowest BCUT2D eigenvalue weighted by Crippen LogP contribution is -2.15. The van der Waals surface area contributed by atoms with Gasteiger partial charge in [-0.1, -0.05) is 23.8 Å². The van der Waals surface area contributed by atoms with Crippen LogP contribution in [0.4, 0.5) is 0 Å². The maximum Gasteiger partial charge on any atom is 0.0672 e. The Balaban J connectivity index is 1.96. The summed E-state index contributed by atoms with van der Waals surface area (Å²) in [7, 11) is 0. The van der Waals surface area contributed by atoms with Gasteiger partial charge >= 0.3 is 0 Å². The molecular formula is C17H23N3. The van der Waals surface area contributed by atoms with E-state index in [9.17, 15) is 0 Å². The van der Waals surface area contributed by atoms with Crippen LogP contribution in [0.3, 0.4) is 0 Å². The van der Waals surface area contributed by atoms with Crippen molar-refractivity contribution in [1.29, 1.82) is 0 Å². The molecule has 0 aliphatic heterocycles. The molecule has 0 radical (unpaired) electrons. The third kappa shape index (κ3) is 2.78. The van der Waals surface area contributed by atoms with E-state index in [-0.39, 0.29) is 0 Å². The molecule has 2 aromatic rings. The zero-order valence-corrected chi connectivity index (χ0v) is 12.6. The van der Waals surface area contributed by atoms with Gasteiger partial charge in [-0.3, -0.25) is 4.68 Å². The summed E-state index contributed by atoms with van der Waals surface area (Å²) in [4.78, 5) is 0. The first-order valence-corrected chi connectivity index (χ1v) is 7.54. The minimum atomic E-state index is 0.739. The summed E-state index contributed by atoms with van der Waals surface area (Å²) in [5, 5.41) is 8.20. The van der Waals surface area contributed by atoms with Gasteiger partial charge in [-0.25, -0.2) is 0 Å². The molecule has 1 aromatic heterocycles. The van der Waals surface area contributed by atoms with Gasteiger partial charge in [0.25, 0.3) is 0 Å². The maximum absolute atomic E-state index is 4.58. The van der Waals surface area contributed by atoms with E-state index in [1.807, 2.05) is 4.68 Å². The van der Waals surface area contributed by atoms with Gasteiger partial charge < -0.3 is 5.32 Å². The van der Waals surface area contributed by atoms with Gasteiger partial charge in [-0.15, -0.1) is 0 Å². The average molecular weight is 269 g/mol. The Bertz CT molecular complexity index is 609. The first-order chi connectivity index (χ1) is 9.67. The van der Waals surface area contributed by atoms with Crippen LogP contribution in [0.2, 0.25) is 0 Å². The van der Waals surface area contributed by atoms with Crippen molar-refractivity contribution in [3.63, 3.8) is 0 Å². The number of aryl methyl sites for hydroxylation is 3. The van der Waals surface area contributed by atoms with Crippen LogP contribution in [0.25, 0.3) is 11.1 Å². The van der Waals surface area contributed by atoms with Gasteiger partial charge in [0, 0.05) is 30.9 Å². The van der Waals surface area contributed by atoms with Crippen molar-refractivity contribution in [2.45, 2.75) is 52.7 Å². The minimum absolute atomic E-state index is 0.739.